The van der Waals surface area contributed by atoms with E-state index in [9.17, 15) is 4.79 Å². The maximum absolute atomic E-state index is 13.7. The number of piperidine rings is 1. The predicted octanol–water partition coefficient (Wildman–Crippen LogP) is 2.75. The monoisotopic (exact) mass is 380 g/mol. The van der Waals surface area contributed by atoms with Gasteiger partial charge in [-0.3, -0.25) is 4.79 Å². The summed E-state index contributed by atoms with van der Waals surface area (Å²) in [5.74, 6) is 1.81. The molecule has 3 heterocycles. The van der Waals surface area contributed by atoms with E-state index in [0.29, 0.717) is 18.3 Å². The van der Waals surface area contributed by atoms with Gasteiger partial charge in [0.05, 0.1) is 11.3 Å². The highest BCUT2D eigenvalue weighted by Crippen LogP contribution is 2.54. The van der Waals surface area contributed by atoms with Crippen molar-refractivity contribution in [2.75, 3.05) is 33.2 Å². The normalized spacial score (nSPS) is 25.9. The Kier molecular flexibility index (Phi) is 4.09. The minimum absolute atomic E-state index is 0.0495. The average molecular weight is 380 g/mol. The van der Waals surface area contributed by atoms with Crippen molar-refractivity contribution in [3.05, 3.63) is 47.6 Å². The van der Waals surface area contributed by atoms with Crippen LogP contribution in [0.4, 0.5) is 0 Å². The summed E-state index contributed by atoms with van der Waals surface area (Å²) in [5.41, 5.74) is 0.899. The summed E-state index contributed by atoms with van der Waals surface area (Å²) in [6, 6.07) is 10.3. The highest BCUT2D eigenvalue weighted by molar-refractivity contribution is 5.91. The Morgan fingerprint density at radius 1 is 1.14 bits per heavy atom. The van der Waals surface area contributed by atoms with Crippen molar-refractivity contribution in [3.8, 4) is 0 Å². The molecule has 1 aromatic carbocycles. The molecule has 1 atom stereocenters. The van der Waals surface area contributed by atoms with E-state index in [0.717, 1.165) is 50.9 Å². The van der Waals surface area contributed by atoms with Crippen LogP contribution in [0.1, 0.15) is 48.9 Å². The summed E-state index contributed by atoms with van der Waals surface area (Å²) < 4.78 is 5.60. The van der Waals surface area contributed by atoms with Crippen LogP contribution in [0.25, 0.3) is 0 Å². The third-order valence-electron chi connectivity index (χ3n) is 7.25. The first-order valence-electron chi connectivity index (χ1n) is 10.4. The van der Waals surface area contributed by atoms with E-state index < -0.39 is 0 Å². The molecule has 28 heavy (non-hydrogen) atoms. The Labute approximate surface area is 165 Å². The fourth-order valence-electron chi connectivity index (χ4n) is 5.30. The van der Waals surface area contributed by atoms with Gasteiger partial charge in [0.2, 0.25) is 11.8 Å². The van der Waals surface area contributed by atoms with Crippen LogP contribution in [0.3, 0.4) is 0 Å². The summed E-state index contributed by atoms with van der Waals surface area (Å²) in [6.45, 7) is 5.46. The quantitative estimate of drug-likeness (QED) is 0.819. The molecule has 2 aliphatic heterocycles. The molecule has 6 heteroatoms. The van der Waals surface area contributed by atoms with Crippen molar-refractivity contribution in [1.29, 1.82) is 0 Å². The number of hydrogen-bond acceptors (Lipinski definition) is 5. The number of carbonyl (C=O) groups is 1. The highest BCUT2D eigenvalue weighted by atomic mass is 16.5. The van der Waals surface area contributed by atoms with Crippen LogP contribution in [-0.4, -0.2) is 59.1 Å². The van der Waals surface area contributed by atoms with Gasteiger partial charge in [0.25, 0.3) is 0 Å². The van der Waals surface area contributed by atoms with Gasteiger partial charge >= 0.3 is 0 Å². The Balaban J connectivity index is 1.45. The fraction of sp³-hybridized carbons (Fsp3) is 0.591. The van der Waals surface area contributed by atoms with Gasteiger partial charge in [0.1, 0.15) is 0 Å². The second-order valence-electron chi connectivity index (χ2n) is 9.03. The van der Waals surface area contributed by atoms with Crippen LogP contribution < -0.4 is 0 Å². The summed E-state index contributed by atoms with van der Waals surface area (Å²) >= 11 is 0. The molecule has 1 spiro atoms. The van der Waals surface area contributed by atoms with Crippen molar-refractivity contribution < 1.29 is 9.32 Å². The molecule has 0 N–H and O–H groups in total. The van der Waals surface area contributed by atoms with Gasteiger partial charge in [-0.1, -0.05) is 35.5 Å². The van der Waals surface area contributed by atoms with Crippen molar-refractivity contribution in [1.82, 2.24) is 19.9 Å². The third kappa shape index (κ3) is 2.77. The standard InChI is InChI=1S/C22H28N4O2/c1-16-23-19(28-24-16)18-14-26(15-21(18)10-12-25(2)13-11-21)20(27)22(8-9-22)17-6-4-3-5-7-17/h3-7,18H,8-15H2,1-2H3/t18-/m1/s1. The first-order valence-corrected chi connectivity index (χ1v) is 10.4. The van der Waals surface area contributed by atoms with E-state index in [1.54, 1.807) is 0 Å². The average Bonchev–Trinajstić information content (AvgIpc) is 3.29. The molecule has 2 saturated heterocycles. The molecule has 1 aliphatic carbocycles. The van der Waals surface area contributed by atoms with E-state index >= 15 is 0 Å². The summed E-state index contributed by atoms with van der Waals surface area (Å²) in [4.78, 5) is 22.7. The Morgan fingerprint density at radius 3 is 2.46 bits per heavy atom. The lowest BCUT2D eigenvalue weighted by atomic mass is 9.71. The Bertz CT molecular complexity index is 866. The zero-order valence-electron chi connectivity index (χ0n) is 16.7. The van der Waals surface area contributed by atoms with E-state index in [1.807, 2.05) is 25.1 Å². The Morgan fingerprint density at radius 2 is 1.86 bits per heavy atom. The largest absolute Gasteiger partial charge is 0.341 e. The number of hydrogen-bond donors (Lipinski definition) is 0. The number of benzene rings is 1. The second kappa shape index (κ2) is 6.41. The predicted molar refractivity (Wildman–Crippen MR) is 105 cm³/mol. The van der Waals surface area contributed by atoms with Crippen LogP contribution in [0.15, 0.2) is 34.9 Å². The molecule has 0 bridgehead atoms. The van der Waals surface area contributed by atoms with Crippen LogP contribution in [-0.2, 0) is 10.2 Å². The SMILES string of the molecule is Cc1noc([C@H]2CN(C(=O)C3(c4ccccc4)CC3)CC23CCN(C)CC3)n1. The number of likely N-dealkylation sites (tertiary alicyclic amines) is 2. The number of carbonyl (C=O) groups excluding carboxylic acids is 1. The Hall–Kier alpha value is -2.21. The molecule has 6 nitrogen and oxygen atoms in total. The summed E-state index contributed by atoms with van der Waals surface area (Å²) in [5, 5.41) is 4.03. The number of aryl methyl sites for hydroxylation is 1. The highest BCUT2D eigenvalue weighted by Gasteiger charge is 2.58. The second-order valence-corrected chi connectivity index (χ2v) is 9.03. The van der Waals surface area contributed by atoms with Gasteiger partial charge in [-0.05, 0) is 58.3 Å². The van der Waals surface area contributed by atoms with Gasteiger partial charge in [0.15, 0.2) is 5.82 Å². The lowest BCUT2D eigenvalue weighted by Gasteiger charge is -2.40. The van der Waals surface area contributed by atoms with E-state index in [2.05, 4.69) is 39.1 Å². The van der Waals surface area contributed by atoms with Crippen molar-refractivity contribution >= 4 is 5.91 Å². The smallest absolute Gasteiger partial charge is 0.233 e. The van der Waals surface area contributed by atoms with Gasteiger partial charge in [-0.25, -0.2) is 0 Å². The third-order valence-corrected chi connectivity index (χ3v) is 7.25. The van der Waals surface area contributed by atoms with E-state index in [-0.39, 0.29) is 22.7 Å². The lowest BCUT2D eigenvalue weighted by Crippen LogP contribution is -2.43. The zero-order chi connectivity index (χ0) is 19.4. The van der Waals surface area contributed by atoms with E-state index in [1.165, 1.54) is 0 Å². The summed E-state index contributed by atoms with van der Waals surface area (Å²) in [7, 11) is 2.17. The summed E-state index contributed by atoms with van der Waals surface area (Å²) in [6.07, 6.45) is 4.04. The van der Waals surface area contributed by atoms with Crippen LogP contribution >= 0.6 is 0 Å². The molecule has 1 aromatic heterocycles. The molecular weight excluding hydrogens is 352 g/mol. The van der Waals surface area contributed by atoms with Gasteiger partial charge in [0, 0.05) is 18.5 Å². The molecule has 1 amide bonds. The molecule has 148 valence electrons. The van der Waals surface area contributed by atoms with E-state index in [4.69, 9.17) is 4.52 Å². The topological polar surface area (TPSA) is 62.5 Å². The molecule has 3 fully saturated rings. The minimum Gasteiger partial charge on any atom is -0.341 e. The zero-order valence-corrected chi connectivity index (χ0v) is 16.7. The van der Waals surface area contributed by atoms with Gasteiger partial charge in [-0.15, -0.1) is 0 Å². The maximum atomic E-state index is 13.7. The first-order chi connectivity index (χ1) is 13.5. The molecule has 0 unspecified atom stereocenters. The maximum Gasteiger partial charge on any atom is 0.233 e. The van der Waals surface area contributed by atoms with Crippen molar-refractivity contribution in [2.24, 2.45) is 5.41 Å². The number of amides is 1. The molecule has 0 radical (unpaired) electrons. The van der Waals surface area contributed by atoms with Crippen LogP contribution in [0, 0.1) is 12.3 Å². The molecule has 1 saturated carbocycles. The molecular formula is C22H28N4O2. The van der Waals surface area contributed by atoms with Crippen LogP contribution in [0.2, 0.25) is 0 Å². The van der Waals surface area contributed by atoms with Crippen molar-refractivity contribution in [2.45, 2.75) is 43.9 Å². The van der Waals surface area contributed by atoms with Crippen molar-refractivity contribution in [3.63, 3.8) is 0 Å². The van der Waals surface area contributed by atoms with Crippen LogP contribution in [0.5, 0.6) is 0 Å². The fourth-order valence-corrected chi connectivity index (χ4v) is 5.30. The molecule has 5 rings (SSSR count). The number of nitrogens with zero attached hydrogens (tertiary/aromatic N) is 4. The van der Waals surface area contributed by atoms with Gasteiger partial charge in [-0.2, -0.15) is 4.98 Å². The molecule has 3 aliphatic rings. The lowest BCUT2D eigenvalue weighted by molar-refractivity contribution is -0.133. The molecule has 2 aromatic rings. The van der Waals surface area contributed by atoms with Gasteiger partial charge < -0.3 is 14.3 Å². The number of rotatable bonds is 3. The minimum atomic E-state index is -0.312. The first kappa shape index (κ1) is 17.9. The number of aromatic nitrogens is 2.